The van der Waals surface area contributed by atoms with Gasteiger partial charge in [-0.05, 0) is 51.1 Å². The molecule has 0 amide bonds. The molecule has 2 heterocycles. The topological polar surface area (TPSA) is 47.9 Å². The van der Waals surface area contributed by atoms with Crippen molar-refractivity contribution in [1.82, 2.24) is 15.0 Å². The Morgan fingerprint density at radius 1 is 0.659 bits per heavy atom. The Bertz CT molecular complexity index is 1640. The Balaban J connectivity index is 1.63. The number of fused-ring (bicyclic) bond motifs is 1. The van der Waals surface area contributed by atoms with Crippen LogP contribution in [0.2, 0.25) is 0 Å². The highest BCUT2D eigenvalue weighted by Gasteiger charge is 2.56. The predicted octanol–water partition coefficient (Wildman–Crippen LogP) is 10.0. The first-order valence-electron chi connectivity index (χ1n) is 16.1. The molecule has 0 aliphatic heterocycles. The maximum Gasteiger partial charge on any atom is 0.161 e. The van der Waals surface area contributed by atoms with Gasteiger partial charge in [0.1, 0.15) is 11.4 Å². The van der Waals surface area contributed by atoms with Crippen LogP contribution in [0.1, 0.15) is 111 Å². The molecule has 1 aliphatic rings. The summed E-state index contributed by atoms with van der Waals surface area (Å²) in [6, 6.07) is 21.6. The molecular formula is C40H51N3O. The van der Waals surface area contributed by atoms with Crippen LogP contribution in [0, 0.1) is 5.41 Å². The summed E-state index contributed by atoms with van der Waals surface area (Å²) in [6.45, 7) is 28.0. The molecule has 0 radical (unpaired) electrons. The van der Waals surface area contributed by atoms with E-state index in [4.69, 9.17) is 19.7 Å². The normalized spacial score (nSPS) is 16.9. The predicted molar refractivity (Wildman–Crippen MR) is 184 cm³/mol. The lowest BCUT2D eigenvalue weighted by molar-refractivity contribution is 0.125. The number of ether oxygens (including phenoxy) is 1. The second-order valence-corrected chi connectivity index (χ2v) is 16.3. The van der Waals surface area contributed by atoms with Crippen LogP contribution in [0.5, 0.6) is 5.75 Å². The molecule has 0 saturated carbocycles. The summed E-state index contributed by atoms with van der Waals surface area (Å²) >= 11 is 0. The van der Waals surface area contributed by atoms with Crippen molar-refractivity contribution >= 4 is 0 Å². The van der Waals surface area contributed by atoms with Gasteiger partial charge in [0.05, 0.1) is 18.0 Å². The second-order valence-electron chi connectivity index (χ2n) is 16.3. The zero-order valence-electron chi connectivity index (χ0n) is 29.0. The molecule has 0 bridgehead atoms. The Morgan fingerprint density at radius 2 is 1.25 bits per heavy atom. The average Bonchev–Trinajstić information content (AvgIpc) is 3.06. The van der Waals surface area contributed by atoms with Crippen molar-refractivity contribution in [3.63, 3.8) is 0 Å². The van der Waals surface area contributed by atoms with Gasteiger partial charge in [-0.15, -0.1) is 0 Å². The van der Waals surface area contributed by atoms with E-state index in [1.807, 2.05) is 12.3 Å². The number of rotatable bonds is 6. The van der Waals surface area contributed by atoms with E-state index in [1.165, 1.54) is 16.7 Å². The third-order valence-electron chi connectivity index (χ3n) is 10.6. The van der Waals surface area contributed by atoms with E-state index in [2.05, 4.69) is 138 Å². The molecule has 1 aliphatic carbocycles. The number of aromatic nitrogens is 3. The lowest BCUT2D eigenvalue weighted by Crippen LogP contribution is -2.42. The number of benzene rings is 2. The highest BCUT2D eigenvalue weighted by Crippen LogP contribution is 2.61. The third kappa shape index (κ3) is 5.57. The van der Waals surface area contributed by atoms with Crippen molar-refractivity contribution in [2.24, 2.45) is 5.41 Å². The molecule has 4 nitrogen and oxygen atoms in total. The first kappa shape index (κ1) is 31.9. The van der Waals surface area contributed by atoms with Crippen molar-refractivity contribution in [3.8, 4) is 28.4 Å². The van der Waals surface area contributed by atoms with E-state index in [9.17, 15) is 0 Å². The lowest BCUT2D eigenvalue weighted by atomic mass is 9.59. The van der Waals surface area contributed by atoms with E-state index < -0.39 is 0 Å². The quantitative estimate of drug-likeness (QED) is 0.225. The van der Waals surface area contributed by atoms with Gasteiger partial charge in [0, 0.05) is 34.6 Å². The zero-order chi connectivity index (χ0) is 32.3. The van der Waals surface area contributed by atoms with Crippen molar-refractivity contribution in [3.05, 3.63) is 94.9 Å². The molecule has 4 heteroatoms. The highest BCUT2D eigenvalue weighted by atomic mass is 16.5. The van der Waals surface area contributed by atoms with E-state index in [-0.39, 0.29) is 27.1 Å². The minimum atomic E-state index is -0.112. The van der Waals surface area contributed by atoms with E-state index in [0.717, 1.165) is 40.4 Å². The molecule has 44 heavy (non-hydrogen) atoms. The molecule has 5 rings (SSSR count). The van der Waals surface area contributed by atoms with Gasteiger partial charge < -0.3 is 4.74 Å². The Hall–Kier alpha value is -3.53. The smallest absolute Gasteiger partial charge is 0.161 e. The number of hydrogen-bond acceptors (Lipinski definition) is 4. The van der Waals surface area contributed by atoms with Crippen LogP contribution < -0.4 is 4.74 Å². The molecule has 0 atom stereocenters. The Kier molecular flexibility index (Phi) is 7.84. The molecule has 0 N–H and O–H groups in total. The first-order valence-corrected chi connectivity index (χ1v) is 16.1. The van der Waals surface area contributed by atoms with Crippen molar-refractivity contribution in [2.75, 3.05) is 6.61 Å². The van der Waals surface area contributed by atoms with Crippen molar-refractivity contribution in [2.45, 2.75) is 111 Å². The minimum absolute atomic E-state index is 0.000700. The summed E-state index contributed by atoms with van der Waals surface area (Å²) in [6.07, 6.45) is 2.73. The summed E-state index contributed by atoms with van der Waals surface area (Å²) < 4.78 is 6.59. The number of hydrogen-bond donors (Lipinski definition) is 0. The SMILES string of the molecule is CC(C)(C)c1cc(C(C)(C)C)nc(-c2cnc(-c3ccc4c(c3)C(C)(C)C(C)(C)C4(C)C)c(OCCc3ccccc3)c2)n1. The fourth-order valence-electron chi connectivity index (χ4n) is 6.37. The summed E-state index contributed by atoms with van der Waals surface area (Å²) in [5.74, 6) is 1.45. The molecule has 2 aromatic carbocycles. The highest BCUT2D eigenvalue weighted by molar-refractivity contribution is 5.72. The van der Waals surface area contributed by atoms with Crippen LogP contribution in [0.15, 0.2) is 66.9 Å². The molecule has 232 valence electrons. The lowest BCUT2D eigenvalue weighted by Gasteiger charge is -2.44. The van der Waals surface area contributed by atoms with Gasteiger partial charge in [-0.2, -0.15) is 0 Å². The second kappa shape index (κ2) is 10.8. The molecular weight excluding hydrogens is 538 g/mol. The summed E-state index contributed by atoms with van der Waals surface area (Å²) in [4.78, 5) is 15.2. The van der Waals surface area contributed by atoms with Crippen molar-refractivity contribution < 1.29 is 4.74 Å². The van der Waals surface area contributed by atoms with E-state index in [0.29, 0.717) is 12.4 Å². The molecule has 0 saturated heterocycles. The first-order chi connectivity index (χ1) is 20.3. The molecule has 0 unspecified atom stereocenters. The molecule has 2 aromatic heterocycles. The number of pyridine rings is 1. The summed E-state index contributed by atoms with van der Waals surface area (Å²) in [7, 11) is 0. The minimum Gasteiger partial charge on any atom is -0.491 e. The van der Waals surface area contributed by atoms with E-state index in [1.54, 1.807) is 0 Å². The molecule has 0 spiro atoms. The van der Waals surface area contributed by atoms with Gasteiger partial charge in [0.2, 0.25) is 0 Å². The Labute approximate surface area is 265 Å². The fraction of sp³-hybridized carbons (Fsp3) is 0.475. The van der Waals surface area contributed by atoms with Gasteiger partial charge in [0.15, 0.2) is 5.82 Å². The molecule has 0 fully saturated rings. The Morgan fingerprint density at radius 3 is 1.84 bits per heavy atom. The zero-order valence-corrected chi connectivity index (χ0v) is 29.0. The monoisotopic (exact) mass is 589 g/mol. The van der Waals surface area contributed by atoms with E-state index >= 15 is 0 Å². The van der Waals surface area contributed by atoms with Crippen LogP contribution >= 0.6 is 0 Å². The van der Waals surface area contributed by atoms with Gasteiger partial charge in [-0.25, -0.2) is 9.97 Å². The number of nitrogens with zero attached hydrogens (tertiary/aromatic N) is 3. The summed E-state index contributed by atoms with van der Waals surface area (Å²) in [5, 5.41) is 0. The van der Waals surface area contributed by atoms with Crippen LogP contribution in [-0.2, 0) is 28.1 Å². The van der Waals surface area contributed by atoms with Gasteiger partial charge >= 0.3 is 0 Å². The average molecular weight is 590 g/mol. The van der Waals surface area contributed by atoms with Gasteiger partial charge in [0.25, 0.3) is 0 Å². The van der Waals surface area contributed by atoms with Crippen LogP contribution in [0.4, 0.5) is 0 Å². The van der Waals surface area contributed by atoms with Crippen LogP contribution in [-0.4, -0.2) is 21.6 Å². The molecule has 4 aromatic rings. The van der Waals surface area contributed by atoms with Crippen LogP contribution in [0.25, 0.3) is 22.6 Å². The largest absolute Gasteiger partial charge is 0.491 e. The van der Waals surface area contributed by atoms with Gasteiger partial charge in [-0.1, -0.05) is 126 Å². The summed E-state index contributed by atoms with van der Waals surface area (Å²) in [5.41, 5.74) is 8.81. The van der Waals surface area contributed by atoms with Crippen LogP contribution in [0.3, 0.4) is 0 Å². The fourth-order valence-corrected chi connectivity index (χ4v) is 6.37. The standard InChI is InChI=1S/C40H51N3O/c1-36(2,3)32-24-33(37(4,5)6)43-35(42-32)28-23-31(44-21-20-26-16-14-13-15-17-26)34(41-25-28)27-18-19-29-30(22-27)39(9,10)40(11,12)38(29,7)8/h13-19,22-25H,20-21H2,1-12H3. The van der Waals surface area contributed by atoms with Crippen molar-refractivity contribution in [1.29, 1.82) is 0 Å². The maximum absolute atomic E-state index is 6.59. The van der Waals surface area contributed by atoms with Gasteiger partial charge in [-0.3, -0.25) is 4.98 Å². The maximum atomic E-state index is 6.59. The third-order valence-corrected chi connectivity index (χ3v) is 10.6.